The van der Waals surface area contributed by atoms with Crippen LogP contribution in [0.15, 0.2) is 48.5 Å². The van der Waals surface area contributed by atoms with Gasteiger partial charge < -0.3 is 20.1 Å². The maximum absolute atomic E-state index is 13.3. The number of carboxylic acid groups (broad SMARTS) is 1. The highest BCUT2D eigenvalue weighted by Crippen LogP contribution is 2.61. The van der Waals surface area contributed by atoms with Crippen molar-refractivity contribution in [2.24, 2.45) is 5.41 Å². The van der Waals surface area contributed by atoms with E-state index in [2.05, 4.69) is 29.6 Å². The normalized spacial score (nSPS) is 19.7. The summed E-state index contributed by atoms with van der Waals surface area (Å²) < 4.78 is 5.69. The third-order valence-corrected chi connectivity index (χ3v) is 8.12. The number of nitrogens with zero attached hydrogens (tertiary/aromatic N) is 1. The summed E-state index contributed by atoms with van der Waals surface area (Å²) in [4.78, 5) is 39.0. The highest BCUT2D eigenvalue weighted by atomic mass is 16.5. The number of hydrogen-bond donors (Lipinski definition) is 2. The Balaban J connectivity index is 1.30. The molecule has 3 aliphatic carbocycles. The van der Waals surface area contributed by atoms with E-state index < -0.39 is 23.6 Å². The van der Waals surface area contributed by atoms with Gasteiger partial charge in [0, 0.05) is 13.0 Å². The van der Waals surface area contributed by atoms with E-state index in [9.17, 15) is 19.5 Å². The summed E-state index contributed by atoms with van der Waals surface area (Å²) in [6.07, 6.45) is 3.61. The van der Waals surface area contributed by atoms with Gasteiger partial charge in [-0.2, -0.15) is 0 Å². The Labute approximate surface area is 199 Å². The first-order valence-corrected chi connectivity index (χ1v) is 11.9. The zero-order chi connectivity index (χ0) is 24.1. The second-order valence-corrected chi connectivity index (χ2v) is 10.2. The molecule has 7 nitrogen and oxygen atoms in total. The number of aliphatic carboxylic acids is 1. The molecule has 1 unspecified atom stereocenters. The SMILES string of the molecule is CC(C(=O)O)N(C)C(=O)C1(NC(=O)OCC2c3ccccc3-c3ccccc32)CC2(CCC2)C1. The number of carbonyl (C=O) groups excluding carboxylic acids is 2. The smallest absolute Gasteiger partial charge is 0.408 e. The zero-order valence-corrected chi connectivity index (χ0v) is 19.5. The van der Waals surface area contributed by atoms with Gasteiger partial charge in [-0.1, -0.05) is 55.0 Å². The number of likely N-dealkylation sites (N-methyl/N-ethyl adjacent to an activating group) is 1. The van der Waals surface area contributed by atoms with Gasteiger partial charge in [0.05, 0.1) is 0 Å². The minimum absolute atomic E-state index is 0.0705. The first-order chi connectivity index (χ1) is 16.3. The molecule has 0 aromatic heterocycles. The van der Waals surface area contributed by atoms with Crippen LogP contribution in [0.4, 0.5) is 4.79 Å². The van der Waals surface area contributed by atoms with Crippen molar-refractivity contribution in [2.75, 3.05) is 13.7 Å². The maximum atomic E-state index is 13.3. The molecule has 7 heteroatoms. The van der Waals surface area contributed by atoms with Crippen LogP contribution < -0.4 is 5.32 Å². The van der Waals surface area contributed by atoms with Gasteiger partial charge in [0.2, 0.25) is 5.91 Å². The molecule has 5 rings (SSSR count). The average molecular weight is 463 g/mol. The summed E-state index contributed by atoms with van der Waals surface area (Å²) in [5, 5.41) is 12.2. The van der Waals surface area contributed by atoms with Crippen LogP contribution in [-0.2, 0) is 14.3 Å². The number of amides is 2. The minimum Gasteiger partial charge on any atom is -0.480 e. The number of benzene rings is 2. The molecular formula is C27H30N2O5. The second kappa shape index (κ2) is 8.15. The van der Waals surface area contributed by atoms with Crippen molar-refractivity contribution in [3.63, 3.8) is 0 Å². The third kappa shape index (κ3) is 3.54. The lowest BCUT2D eigenvalue weighted by Gasteiger charge is -2.60. The van der Waals surface area contributed by atoms with Crippen LogP contribution in [0, 0.1) is 5.41 Å². The van der Waals surface area contributed by atoms with Gasteiger partial charge in [0.15, 0.2) is 0 Å². The van der Waals surface area contributed by atoms with Crippen molar-refractivity contribution in [1.82, 2.24) is 10.2 Å². The Morgan fingerprint density at radius 1 is 1.06 bits per heavy atom. The summed E-state index contributed by atoms with van der Waals surface area (Å²) in [6.45, 7) is 1.63. The molecule has 3 aliphatic rings. The highest BCUT2D eigenvalue weighted by Gasteiger charge is 2.62. The van der Waals surface area contributed by atoms with E-state index >= 15 is 0 Å². The van der Waals surface area contributed by atoms with Crippen molar-refractivity contribution < 1.29 is 24.2 Å². The number of carbonyl (C=O) groups is 3. The minimum atomic E-state index is -1.11. The number of ether oxygens (including phenoxy) is 1. The molecule has 1 atom stereocenters. The van der Waals surface area contributed by atoms with Crippen molar-refractivity contribution in [3.05, 3.63) is 59.7 Å². The van der Waals surface area contributed by atoms with E-state index in [4.69, 9.17) is 4.74 Å². The largest absolute Gasteiger partial charge is 0.480 e. The topological polar surface area (TPSA) is 95.9 Å². The van der Waals surface area contributed by atoms with E-state index in [1.54, 1.807) is 0 Å². The zero-order valence-electron chi connectivity index (χ0n) is 19.5. The molecule has 1 spiro atoms. The molecule has 2 N–H and O–H groups in total. The Bertz CT molecular complexity index is 1100. The van der Waals surface area contributed by atoms with Gasteiger partial charge in [-0.25, -0.2) is 9.59 Å². The highest BCUT2D eigenvalue weighted by molar-refractivity contribution is 5.93. The second-order valence-electron chi connectivity index (χ2n) is 10.2. The van der Waals surface area contributed by atoms with E-state index in [-0.39, 0.29) is 23.8 Å². The van der Waals surface area contributed by atoms with E-state index in [1.807, 2.05) is 24.3 Å². The van der Waals surface area contributed by atoms with Crippen LogP contribution in [-0.4, -0.2) is 53.2 Å². The maximum Gasteiger partial charge on any atom is 0.408 e. The molecule has 2 amide bonds. The van der Waals surface area contributed by atoms with Crippen LogP contribution in [0.3, 0.4) is 0 Å². The number of fused-ring (bicyclic) bond motifs is 3. The summed E-state index contributed by atoms with van der Waals surface area (Å²) in [5.41, 5.74) is 3.51. The molecule has 2 aromatic rings. The van der Waals surface area contributed by atoms with Crippen molar-refractivity contribution >= 4 is 18.0 Å². The monoisotopic (exact) mass is 462 g/mol. The number of alkyl carbamates (subject to hydrolysis) is 1. The van der Waals surface area contributed by atoms with Gasteiger partial charge in [0.1, 0.15) is 18.2 Å². The van der Waals surface area contributed by atoms with E-state index in [0.29, 0.717) is 12.8 Å². The molecule has 0 bridgehead atoms. The number of hydrogen-bond acceptors (Lipinski definition) is 4. The summed E-state index contributed by atoms with van der Waals surface area (Å²) in [5.74, 6) is -1.52. The van der Waals surface area contributed by atoms with Crippen molar-refractivity contribution in [2.45, 2.75) is 56.5 Å². The Hall–Kier alpha value is -3.35. The predicted octanol–water partition coefficient (Wildman–Crippen LogP) is 4.16. The van der Waals surface area contributed by atoms with Crippen LogP contribution in [0.2, 0.25) is 0 Å². The lowest BCUT2D eigenvalue weighted by Crippen LogP contribution is -2.71. The fourth-order valence-electron chi connectivity index (χ4n) is 6.06. The fraction of sp³-hybridized carbons (Fsp3) is 0.444. The quantitative estimate of drug-likeness (QED) is 0.672. The van der Waals surface area contributed by atoms with Crippen molar-refractivity contribution in [1.29, 1.82) is 0 Å². The average Bonchev–Trinajstić information content (AvgIpc) is 3.11. The third-order valence-electron chi connectivity index (χ3n) is 8.12. The van der Waals surface area contributed by atoms with Crippen LogP contribution in [0.5, 0.6) is 0 Å². The van der Waals surface area contributed by atoms with Crippen LogP contribution >= 0.6 is 0 Å². The van der Waals surface area contributed by atoms with Crippen LogP contribution in [0.1, 0.15) is 56.1 Å². The molecule has 0 heterocycles. The summed E-state index contributed by atoms with van der Waals surface area (Å²) >= 11 is 0. The summed E-state index contributed by atoms with van der Waals surface area (Å²) in [7, 11) is 1.48. The van der Waals surface area contributed by atoms with Gasteiger partial charge in [-0.3, -0.25) is 4.79 Å². The Kier molecular flexibility index (Phi) is 5.38. The molecule has 0 radical (unpaired) electrons. The number of rotatable bonds is 6. The first kappa shape index (κ1) is 22.4. The molecule has 0 saturated heterocycles. The standard InChI is InChI=1S/C27H30N2O5/c1-17(23(30)31)29(2)24(32)27(15-26(16-27)12-7-13-26)28-25(33)34-14-22-20-10-5-3-8-18(20)19-9-4-6-11-21(19)22/h3-6,8-11,17,22H,7,12-16H2,1-2H3,(H,28,33)(H,30,31). The van der Waals surface area contributed by atoms with Crippen molar-refractivity contribution in [3.8, 4) is 11.1 Å². The first-order valence-electron chi connectivity index (χ1n) is 11.9. The molecule has 2 aromatic carbocycles. The van der Waals surface area contributed by atoms with E-state index in [0.717, 1.165) is 41.5 Å². The molecule has 2 fully saturated rings. The predicted molar refractivity (Wildman–Crippen MR) is 126 cm³/mol. The van der Waals surface area contributed by atoms with E-state index in [1.165, 1.54) is 18.9 Å². The van der Waals surface area contributed by atoms with Gasteiger partial charge in [0.25, 0.3) is 0 Å². The van der Waals surface area contributed by atoms with Crippen LogP contribution in [0.25, 0.3) is 11.1 Å². The molecule has 0 aliphatic heterocycles. The Morgan fingerprint density at radius 3 is 2.12 bits per heavy atom. The van der Waals surface area contributed by atoms with Gasteiger partial charge in [-0.05, 0) is 60.3 Å². The lowest BCUT2D eigenvalue weighted by molar-refractivity contribution is -0.161. The van der Waals surface area contributed by atoms with Gasteiger partial charge >= 0.3 is 12.1 Å². The molecule has 34 heavy (non-hydrogen) atoms. The molecule has 2 saturated carbocycles. The molecule has 178 valence electrons. The number of carboxylic acids is 1. The lowest BCUT2D eigenvalue weighted by atomic mass is 9.48. The van der Waals surface area contributed by atoms with Gasteiger partial charge in [-0.15, -0.1) is 0 Å². The fourth-order valence-corrected chi connectivity index (χ4v) is 6.06. The number of nitrogens with one attached hydrogen (secondary N) is 1. The Morgan fingerprint density at radius 2 is 1.62 bits per heavy atom. The summed E-state index contributed by atoms with van der Waals surface area (Å²) in [6, 6.07) is 15.3. The molecular weight excluding hydrogens is 432 g/mol.